The second kappa shape index (κ2) is 9.91. The minimum Gasteiger partial charge on any atom is -0.490 e. The molecule has 1 aromatic rings. The van der Waals surface area contributed by atoms with Gasteiger partial charge in [0.05, 0.1) is 18.1 Å². The monoisotopic (exact) mass is 395 g/mol. The van der Waals surface area contributed by atoms with Gasteiger partial charge in [0.15, 0.2) is 5.96 Å². The zero-order valence-electron chi connectivity index (χ0n) is 10.9. The molecule has 0 fully saturated rings. The average Bonchev–Trinajstić information content (AvgIpc) is 2.34. The standard InChI is InChI=1S/C13H18ClN3O.HI/c1-10(2)9-17-13(15)16-7-8-18-12-6-4-3-5-11(12)14;/h3-6H,1,7-9H2,2H3,(H3,15,16,17);1H. The molecule has 106 valence electrons. The van der Waals surface area contributed by atoms with Gasteiger partial charge in [-0.2, -0.15) is 0 Å². The smallest absolute Gasteiger partial charge is 0.189 e. The van der Waals surface area contributed by atoms with Gasteiger partial charge in [-0.15, -0.1) is 24.0 Å². The Morgan fingerprint density at radius 3 is 2.79 bits per heavy atom. The van der Waals surface area contributed by atoms with Crippen LogP contribution in [0.1, 0.15) is 6.92 Å². The van der Waals surface area contributed by atoms with Crippen LogP contribution in [0.3, 0.4) is 0 Å². The molecule has 19 heavy (non-hydrogen) atoms. The van der Waals surface area contributed by atoms with Crippen LogP contribution >= 0.6 is 35.6 Å². The van der Waals surface area contributed by atoms with Crippen molar-refractivity contribution in [3.63, 3.8) is 0 Å². The van der Waals surface area contributed by atoms with Gasteiger partial charge in [0, 0.05) is 0 Å². The van der Waals surface area contributed by atoms with E-state index in [2.05, 4.69) is 16.9 Å². The Labute approximate surface area is 136 Å². The number of hydrogen-bond acceptors (Lipinski definition) is 2. The van der Waals surface area contributed by atoms with E-state index in [1.54, 1.807) is 6.07 Å². The van der Waals surface area contributed by atoms with Crippen LogP contribution in [-0.2, 0) is 0 Å². The summed E-state index contributed by atoms with van der Waals surface area (Å²) in [5, 5.41) is 3.54. The maximum absolute atomic E-state index is 5.95. The van der Waals surface area contributed by atoms with Crippen LogP contribution < -0.4 is 15.8 Å². The molecule has 0 aliphatic carbocycles. The summed E-state index contributed by atoms with van der Waals surface area (Å²) < 4.78 is 5.49. The van der Waals surface area contributed by atoms with E-state index in [0.717, 1.165) is 5.57 Å². The molecule has 0 saturated heterocycles. The first kappa shape index (κ1) is 18.0. The molecular formula is C13H19ClIN3O. The van der Waals surface area contributed by atoms with Gasteiger partial charge in [0.1, 0.15) is 12.4 Å². The van der Waals surface area contributed by atoms with Crippen molar-refractivity contribution in [2.75, 3.05) is 19.7 Å². The van der Waals surface area contributed by atoms with Gasteiger partial charge in [-0.3, -0.25) is 0 Å². The zero-order valence-corrected chi connectivity index (χ0v) is 13.9. The molecule has 0 unspecified atom stereocenters. The summed E-state index contributed by atoms with van der Waals surface area (Å²) in [4.78, 5) is 4.09. The topological polar surface area (TPSA) is 59.6 Å². The lowest BCUT2D eigenvalue weighted by Crippen LogP contribution is -2.34. The third-order valence-electron chi connectivity index (χ3n) is 2.02. The van der Waals surface area contributed by atoms with E-state index in [4.69, 9.17) is 22.1 Å². The normalized spacial score (nSPS) is 10.5. The third-order valence-corrected chi connectivity index (χ3v) is 2.33. The van der Waals surface area contributed by atoms with Crippen LogP contribution in [0.5, 0.6) is 5.75 Å². The molecule has 0 heterocycles. The average molecular weight is 396 g/mol. The second-order valence-electron chi connectivity index (χ2n) is 3.86. The minimum atomic E-state index is 0. The second-order valence-corrected chi connectivity index (χ2v) is 4.27. The number of nitrogens with zero attached hydrogens (tertiary/aromatic N) is 1. The number of hydrogen-bond donors (Lipinski definition) is 2. The third kappa shape index (κ3) is 7.94. The van der Waals surface area contributed by atoms with Crippen LogP contribution in [0.15, 0.2) is 41.4 Å². The molecular weight excluding hydrogens is 377 g/mol. The van der Waals surface area contributed by atoms with Crippen molar-refractivity contribution in [1.82, 2.24) is 5.32 Å². The Morgan fingerprint density at radius 2 is 2.16 bits per heavy atom. The number of aliphatic imine (C=N–C) groups is 1. The number of rotatable bonds is 6. The number of nitrogens with two attached hydrogens (primary N) is 1. The van der Waals surface area contributed by atoms with E-state index in [-0.39, 0.29) is 24.0 Å². The van der Waals surface area contributed by atoms with Crippen molar-refractivity contribution >= 4 is 41.5 Å². The first-order valence-corrected chi connectivity index (χ1v) is 6.03. The number of halogens is 2. The summed E-state index contributed by atoms with van der Waals surface area (Å²) in [6.45, 7) is 7.21. The maximum atomic E-state index is 5.95. The Morgan fingerprint density at radius 1 is 1.47 bits per heavy atom. The Bertz CT molecular complexity index is 438. The van der Waals surface area contributed by atoms with Gasteiger partial charge in [-0.05, 0) is 19.1 Å². The van der Waals surface area contributed by atoms with E-state index in [1.165, 1.54) is 0 Å². The molecule has 0 spiro atoms. The number of para-hydroxylation sites is 1. The molecule has 0 amide bonds. The number of guanidine groups is 1. The zero-order chi connectivity index (χ0) is 13.4. The molecule has 1 aromatic carbocycles. The van der Waals surface area contributed by atoms with Crippen molar-refractivity contribution in [2.24, 2.45) is 10.7 Å². The lowest BCUT2D eigenvalue weighted by Gasteiger charge is -2.09. The molecule has 0 aromatic heterocycles. The summed E-state index contributed by atoms with van der Waals surface area (Å²) in [5.74, 6) is 1.05. The van der Waals surface area contributed by atoms with Crippen molar-refractivity contribution in [3.05, 3.63) is 41.4 Å². The molecule has 4 nitrogen and oxygen atoms in total. The van der Waals surface area contributed by atoms with Gasteiger partial charge in [-0.1, -0.05) is 35.9 Å². The largest absolute Gasteiger partial charge is 0.490 e. The highest BCUT2D eigenvalue weighted by atomic mass is 127. The first-order valence-electron chi connectivity index (χ1n) is 5.65. The van der Waals surface area contributed by atoms with Crippen LogP contribution in [-0.4, -0.2) is 25.7 Å². The molecule has 0 bridgehead atoms. The molecule has 3 N–H and O–H groups in total. The highest BCUT2D eigenvalue weighted by Crippen LogP contribution is 2.22. The Hall–Kier alpha value is -0.950. The predicted octanol–water partition coefficient (Wildman–Crippen LogP) is 2.82. The fraction of sp³-hybridized carbons (Fsp3) is 0.308. The Balaban J connectivity index is 0.00000324. The first-order chi connectivity index (χ1) is 8.59. The minimum absolute atomic E-state index is 0. The predicted molar refractivity (Wildman–Crippen MR) is 91.7 cm³/mol. The lowest BCUT2D eigenvalue weighted by molar-refractivity contribution is 0.322. The summed E-state index contributed by atoms with van der Waals surface area (Å²) in [6.07, 6.45) is 0. The molecule has 0 radical (unpaired) electrons. The van der Waals surface area contributed by atoms with Gasteiger partial charge in [0.25, 0.3) is 0 Å². The maximum Gasteiger partial charge on any atom is 0.189 e. The van der Waals surface area contributed by atoms with Crippen molar-refractivity contribution in [3.8, 4) is 5.75 Å². The van der Waals surface area contributed by atoms with Crippen LogP contribution in [0.25, 0.3) is 0 Å². The van der Waals surface area contributed by atoms with E-state index < -0.39 is 0 Å². The van der Waals surface area contributed by atoms with Gasteiger partial charge < -0.3 is 15.8 Å². The molecule has 6 heteroatoms. The lowest BCUT2D eigenvalue weighted by atomic mass is 10.3. The fourth-order valence-electron chi connectivity index (χ4n) is 1.18. The number of benzene rings is 1. The molecule has 0 atom stereocenters. The SMILES string of the molecule is C=C(C)CN=C(N)NCCOc1ccccc1Cl.I. The van der Waals surface area contributed by atoms with E-state index in [0.29, 0.717) is 36.4 Å². The van der Waals surface area contributed by atoms with Crippen molar-refractivity contribution in [2.45, 2.75) is 6.92 Å². The molecule has 0 aliphatic rings. The van der Waals surface area contributed by atoms with Crippen LogP contribution in [0, 0.1) is 0 Å². The summed E-state index contributed by atoms with van der Waals surface area (Å²) >= 11 is 5.95. The van der Waals surface area contributed by atoms with Gasteiger partial charge in [-0.25, -0.2) is 4.99 Å². The molecule has 0 saturated carbocycles. The van der Waals surface area contributed by atoms with E-state index >= 15 is 0 Å². The van der Waals surface area contributed by atoms with E-state index in [9.17, 15) is 0 Å². The van der Waals surface area contributed by atoms with Crippen molar-refractivity contribution in [1.29, 1.82) is 0 Å². The quantitative estimate of drug-likeness (QED) is 0.256. The van der Waals surface area contributed by atoms with Gasteiger partial charge >= 0.3 is 0 Å². The molecule has 0 aliphatic heterocycles. The summed E-state index contributed by atoms with van der Waals surface area (Å²) in [6, 6.07) is 7.33. The summed E-state index contributed by atoms with van der Waals surface area (Å²) in [5.41, 5.74) is 6.61. The van der Waals surface area contributed by atoms with Crippen molar-refractivity contribution < 1.29 is 4.74 Å². The molecule has 1 rings (SSSR count). The summed E-state index contributed by atoms with van der Waals surface area (Å²) in [7, 11) is 0. The van der Waals surface area contributed by atoms with Crippen LogP contribution in [0.2, 0.25) is 5.02 Å². The Kier molecular flexibility index (Phi) is 9.42. The van der Waals surface area contributed by atoms with E-state index in [1.807, 2.05) is 25.1 Å². The number of nitrogens with one attached hydrogen (secondary N) is 1. The highest BCUT2D eigenvalue weighted by Gasteiger charge is 1.99. The van der Waals surface area contributed by atoms with Gasteiger partial charge in [0.2, 0.25) is 0 Å². The highest BCUT2D eigenvalue weighted by molar-refractivity contribution is 14.0. The fourth-order valence-corrected chi connectivity index (χ4v) is 1.37. The van der Waals surface area contributed by atoms with Crippen LogP contribution in [0.4, 0.5) is 0 Å². The number of ether oxygens (including phenoxy) is 1.